The van der Waals surface area contributed by atoms with E-state index >= 15 is 0 Å². The molecule has 0 aliphatic rings. The third-order valence-electron chi connectivity index (χ3n) is 3.50. The molecule has 2 aromatic rings. The van der Waals surface area contributed by atoms with Gasteiger partial charge in [0.05, 0.1) is 6.61 Å². The molecule has 0 radical (unpaired) electrons. The maximum absolute atomic E-state index is 6.40. The summed E-state index contributed by atoms with van der Waals surface area (Å²) in [4.78, 5) is 0. The fourth-order valence-electron chi connectivity index (χ4n) is 2.53. The molecule has 7 heteroatoms. The van der Waals surface area contributed by atoms with Gasteiger partial charge in [0.2, 0.25) is 8.32 Å². The molecule has 0 fully saturated rings. The van der Waals surface area contributed by atoms with Crippen LogP contribution < -0.4 is 16.2 Å². The Balaban J connectivity index is 1.88. The molecule has 0 aromatic heterocycles. The maximum Gasteiger partial charge on any atom is 0.321 e. The van der Waals surface area contributed by atoms with Gasteiger partial charge in [-0.25, -0.2) is 0 Å². The van der Waals surface area contributed by atoms with E-state index in [4.69, 9.17) is 24.7 Å². The Kier molecular flexibility index (Phi) is 6.28. The highest BCUT2D eigenvalue weighted by Gasteiger charge is 2.35. The summed E-state index contributed by atoms with van der Waals surface area (Å²) in [6.07, 6.45) is 0.550. The minimum Gasteiger partial charge on any atom is -0.494 e. The van der Waals surface area contributed by atoms with E-state index in [2.05, 4.69) is 26.2 Å². The van der Waals surface area contributed by atoms with Crippen LogP contribution in [0.5, 0.6) is 5.75 Å². The predicted molar refractivity (Wildman–Crippen MR) is 108 cm³/mol. The number of benzene rings is 2. The van der Waals surface area contributed by atoms with Gasteiger partial charge in [0.25, 0.3) is 0 Å². The summed E-state index contributed by atoms with van der Waals surface area (Å²) in [6.45, 7) is 8.91. The smallest absolute Gasteiger partial charge is 0.321 e. The quantitative estimate of drug-likeness (QED) is 0.539. The number of anilines is 2. The van der Waals surface area contributed by atoms with Crippen LogP contribution in [0.25, 0.3) is 0 Å². The first-order chi connectivity index (χ1) is 11.7. The number of nitrogens with two attached hydrogens (primary N) is 2. The Hall–Kier alpha value is -1.81. The van der Waals surface area contributed by atoms with Crippen molar-refractivity contribution in [1.82, 2.24) is 0 Å². The van der Waals surface area contributed by atoms with E-state index in [0.29, 0.717) is 18.5 Å². The van der Waals surface area contributed by atoms with E-state index in [1.165, 1.54) is 0 Å². The molecule has 0 bridgehead atoms. The van der Waals surface area contributed by atoms with Crippen molar-refractivity contribution in [2.24, 2.45) is 0 Å². The lowest BCUT2D eigenvalue weighted by atomic mass is 10.2. The molecule has 0 spiro atoms. The number of ether oxygens (including phenoxy) is 1. The van der Waals surface area contributed by atoms with Crippen LogP contribution in [-0.2, 0) is 15.1 Å². The molecule has 0 aliphatic carbocycles. The highest BCUT2D eigenvalue weighted by molar-refractivity contribution is 6.82. The van der Waals surface area contributed by atoms with Crippen LogP contribution in [0.15, 0.2) is 48.5 Å². The van der Waals surface area contributed by atoms with Crippen molar-refractivity contribution in [3.8, 4) is 5.75 Å². The normalized spacial score (nSPS) is 12.2. The van der Waals surface area contributed by atoms with E-state index in [1.807, 2.05) is 48.5 Å². The van der Waals surface area contributed by atoms with Crippen LogP contribution in [0.1, 0.15) is 5.56 Å². The van der Waals surface area contributed by atoms with Crippen molar-refractivity contribution in [3.05, 3.63) is 54.1 Å². The van der Waals surface area contributed by atoms with Gasteiger partial charge >= 0.3 is 8.56 Å². The first-order valence-corrected chi connectivity index (χ1v) is 14.3. The second-order valence-electron chi connectivity index (χ2n) is 7.16. The molecular weight excluding hydrogens is 348 g/mol. The van der Waals surface area contributed by atoms with Gasteiger partial charge in [-0.05, 0) is 56.0 Å². The summed E-state index contributed by atoms with van der Waals surface area (Å²) in [5.74, 6) is 0.768. The summed E-state index contributed by atoms with van der Waals surface area (Å²) in [5, 5.41) is 0. The Morgan fingerprint density at radius 3 is 2.16 bits per heavy atom. The molecule has 5 nitrogen and oxygen atoms in total. The van der Waals surface area contributed by atoms with Crippen LogP contribution in [0.2, 0.25) is 26.2 Å². The Morgan fingerprint density at radius 2 is 1.52 bits per heavy atom. The highest BCUT2D eigenvalue weighted by atomic mass is 28.4. The molecule has 0 atom stereocenters. The second-order valence-corrected chi connectivity index (χ2v) is 14.9. The van der Waals surface area contributed by atoms with E-state index in [-0.39, 0.29) is 0 Å². The Morgan fingerprint density at radius 1 is 0.880 bits per heavy atom. The molecule has 0 amide bonds. The zero-order valence-electron chi connectivity index (χ0n) is 15.4. The number of rotatable bonds is 8. The largest absolute Gasteiger partial charge is 0.494 e. The van der Waals surface area contributed by atoms with Crippen LogP contribution in [-0.4, -0.2) is 23.1 Å². The van der Waals surface area contributed by atoms with Gasteiger partial charge in [-0.2, -0.15) is 0 Å². The SMILES string of the molecule is C[Si](C)(COc1cccc(N)c1)O[Si](C)(C)OCc1cccc(N)c1. The van der Waals surface area contributed by atoms with Crippen molar-refractivity contribution in [3.63, 3.8) is 0 Å². The van der Waals surface area contributed by atoms with Crippen LogP contribution in [0.4, 0.5) is 11.4 Å². The fourth-order valence-corrected chi connectivity index (χ4v) is 9.35. The van der Waals surface area contributed by atoms with Crippen molar-refractivity contribution >= 4 is 28.3 Å². The first kappa shape index (κ1) is 19.5. The van der Waals surface area contributed by atoms with Crippen molar-refractivity contribution in [1.29, 1.82) is 0 Å². The topological polar surface area (TPSA) is 79.7 Å². The summed E-state index contributed by atoms with van der Waals surface area (Å²) < 4.78 is 18.4. The van der Waals surface area contributed by atoms with E-state index in [9.17, 15) is 0 Å². The molecule has 2 rings (SSSR count). The molecular formula is C18H28N2O3Si2. The summed E-state index contributed by atoms with van der Waals surface area (Å²) in [6, 6.07) is 15.2. The standard InChI is InChI=1S/C18H28N2O3Si2/c1-24(2,14-21-18-10-6-9-17(20)12-18)23-25(3,4)22-13-15-7-5-8-16(19)11-15/h5-12H,13-14,19-20H2,1-4H3. The highest BCUT2D eigenvalue weighted by Crippen LogP contribution is 2.21. The second kappa shape index (κ2) is 8.05. The van der Waals surface area contributed by atoms with E-state index in [0.717, 1.165) is 17.0 Å². The van der Waals surface area contributed by atoms with E-state index < -0.39 is 16.9 Å². The summed E-state index contributed by atoms with van der Waals surface area (Å²) in [5.41, 5.74) is 14.1. The fraction of sp³-hybridized carbons (Fsp3) is 0.333. The molecule has 136 valence electrons. The monoisotopic (exact) mass is 376 g/mol. The van der Waals surface area contributed by atoms with Gasteiger partial charge in [-0.15, -0.1) is 0 Å². The molecule has 0 unspecified atom stereocenters. The van der Waals surface area contributed by atoms with Crippen LogP contribution in [0, 0.1) is 0 Å². The molecule has 0 saturated heterocycles. The van der Waals surface area contributed by atoms with E-state index in [1.54, 1.807) is 0 Å². The average Bonchev–Trinajstić information content (AvgIpc) is 2.51. The lowest BCUT2D eigenvalue weighted by molar-refractivity contribution is 0.229. The predicted octanol–water partition coefficient (Wildman–Crippen LogP) is 3.91. The lowest BCUT2D eigenvalue weighted by Gasteiger charge is -2.33. The van der Waals surface area contributed by atoms with Gasteiger partial charge in [-0.1, -0.05) is 18.2 Å². The molecule has 25 heavy (non-hydrogen) atoms. The molecule has 0 aliphatic heterocycles. The van der Waals surface area contributed by atoms with Crippen LogP contribution >= 0.6 is 0 Å². The minimum absolute atomic E-state index is 0.505. The van der Waals surface area contributed by atoms with Crippen molar-refractivity contribution in [2.75, 3.05) is 17.7 Å². The van der Waals surface area contributed by atoms with Gasteiger partial charge < -0.3 is 24.7 Å². The number of hydrogen-bond acceptors (Lipinski definition) is 5. The van der Waals surface area contributed by atoms with Gasteiger partial charge in [-0.3, -0.25) is 0 Å². The zero-order valence-corrected chi connectivity index (χ0v) is 17.4. The third kappa shape index (κ3) is 6.91. The minimum atomic E-state index is -2.27. The maximum atomic E-state index is 6.40. The summed E-state index contributed by atoms with van der Waals surface area (Å²) in [7, 11) is -4.31. The van der Waals surface area contributed by atoms with Gasteiger partial charge in [0.1, 0.15) is 12.0 Å². The average molecular weight is 377 g/mol. The molecule has 0 heterocycles. The molecule has 2 aromatic carbocycles. The van der Waals surface area contributed by atoms with Gasteiger partial charge in [0, 0.05) is 17.4 Å². The van der Waals surface area contributed by atoms with Crippen LogP contribution in [0.3, 0.4) is 0 Å². The number of hydrogen-bond donors (Lipinski definition) is 2. The zero-order chi connectivity index (χ0) is 18.5. The first-order valence-electron chi connectivity index (χ1n) is 8.32. The number of nitrogen functional groups attached to an aromatic ring is 2. The molecule has 0 saturated carbocycles. The van der Waals surface area contributed by atoms with Crippen molar-refractivity contribution < 1.29 is 13.3 Å². The van der Waals surface area contributed by atoms with Gasteiger partial charge in [0.15, 0.2) is 0 Å². The Labute approximate surface area is 152 Å². The summed E-state index contributed by atoms with van der Waals surface area (Å²) >= 11 is 0. The van der Waals surface area contributed by atoms with Crippen molar-refractivity contribution in [2.45, 2.75) is 32.8 Å². The Bertz CT molecular complexity index is 649. The molecule has 4 N–H and O–H groups in total. The third-order valence-corrected chi connectivity index (χ3v) is 9.36. The lowest BCUT2D eigenvalue weighted by Crippen LogP contribution is -2.50.